The fourth-order valence-electron chi connectivity index (χ4n) is 4.60. The van der Waals surface area contributed by atoms with E-state index in [4.69, 9.17) is 0 Å². The van der Waals surface area contributed by atoms with Gasteiger partial charge in [0, 0.05) is 0 Å². The second kappa shape index (κ2) is 11.4. The van der Waals surface area contributed by atoms with Crippen molar-refractivity contribution in [3.8, 4) is 5.75 Å². The lowest BCUT2D eigenvalue weighted by molar-refractivity contribution is -0.0522. The van der Waals surface area contributed by atoms with Crippen LogP contribution >= 0.6 is 0 Å². The summed E-state index contributed by atoms with van der Waals surface area (Å²) >= 11 is 0. The van der Waals surface area contributed by atoms with Crippen LogP contribution in [0.2, 0.25) is 0 Å². The Morgan fingerprint density at radius 3 is 2.20 bits per heavy atom. The standard InChI is InChI=1S/C26H33F3O/c1-2-3-4-5-19-8-13-22(14-9-19)23-15-10-20(11-16-23)6-7-21-12-17-25(24(27)18-21)30-26(28)29/h10-12,15-19,22,26H,2-9,13-14H2,1H3. The van der Waals surface area contributed by atoms with Gasteiger partial charge < -0.3 is 4.74 Å². The quantitative estimate of drug-likeness (QED) is 0.355. The highest BCUT2D eigenvalue weighted by atomic mass is 19.3. The third-order valence-corrected chi connectivity index (χ3v) is 6.43. The minimum absolute atomic E-state index is 0.404. The number of alkyl halides is 2. The van der Waals surface area contributed by atoms with Gasteiger partial charge in [0.15, 0.2) is 11.6 Å². The molecule has 2 aromatic rings. The summed E-state index contributed by atoms with van der Waals surface area (Å²) in [5, 5.41) is 0. The SMILES string of the molecule is CCCCCC1CCC(c2ccc(CCc3ccc(OC(F)F)c(F)c3)cc2)CC1. The molecular formula is C26H33F3O. The number of aryl methyl sites for hydroxylation is 2. The molecule has 0 bridgehead atoms. The maximum Gasteiger partial charge on any atom is 0.387 e. The van der Waals surface area contributed by atoms with Crippen LogP contribution in [0.25, 0.3) is 0 Å². The first kappa shape index (κ1) is 22.7. The topological polar surface area (TPSA) is 9.23 Å². The summed E-state index contributed by atoms with van der Waals surface area (Å²) in [5.74, 6) is 0.453. The van der Waals surface area contributed by atoms with Crippen LogP contribution < -0.4 is 4.74 Å². The van der Waals surface area contributed by atoms with E-state index in [1.807, 2.05) is 0 Å². The molecule has 0 spiro atoms. The van der Waals surface area contributed by atoms with Crippen molar-refractivity contribution in [1.82, 2.24) is 0 Å². The Kier molecular flexibility index (Phi) is 8.65. The van der Waals surface area contributed by atoms with Crippen LogP contribution in [0.1, 0.15) is 80.9 Å². The molecule has 0 unspecified atom stereocenters. The van der Waals surface area contributed by atoms with Crippen LogP contribution in [0.4, 0.5) is 13.2 Å². The molecule has 1 aliphatic rings. The number of rotatable bonds is 10. The maximum atomic E-state index is 13.9. The number of unbranched alkanes of at least 4 members (excludes halogenated alkanes) is 2. The Bertz CT molecular complexity index is 764. The number of halogens is 3. The van der Waals surface area contributed by atoms with Crippen molar-refractivity contribution in [2.45, 2.75) is 83.7 Å². The number of benzene rings is 2. The molecule has 30 heavy (non-hydrogen) atoms. The Morgan fingerprint density at radius 2 is 1.57 bits per heavy atom. The van der Waals surface area contributed by atoms with Gasteiger partial charge in [0.2, 0.25) is 0 Å². The van der Waals surface area contributed by atoms with Crippen molar-refractivity contribution < 1.29 is 17.9 Å². The summed E-state index contributed by atoms with van der Waals surface area (Å²) in [6, 6.07) is 13.0. The first-order valence-electron chi connectivity index (χ1n) is 11.4. The smallest absolute Gasteiger partial charge is 0.387 e. The van der Waals surface area contributed by atoms with Crippen molar-refractivity contribution in [2.75, 3.05) is 0 Å². The second-order valence-corrected chi connectivity index (χ2v) is 8.60. The predicted octanol–water partition coefficient (Wildman–Crippen LogP) is 8.07. The van der Waals surface area contributed by atoms with Gasteiger partial charge in [-0.3, -0.25) is 0 Å². The van der Waals surface area contributed by atoms with E-state index in [9.17, 15) is 13.2 Å². The fraction of sp³-hybridized carbons (Fsp3) is 0.538. The summed E-state index contributed by atoms with van der Waals surface area (Å²) in [6.45, 7) is -0.750. The Hall–Kier alpha value is -1.97. The van der Waals surface area contributed by atoms with Gasteiger partial charge in [-0.2, -0.15) is 8.78 Å². The second-order valence-electron chi connectivity index (χ2n) is 8.60. The van der Waals surface area contributed by atoms with Gasteiger partial charge in [0.1, 0.15) is 0 Å². The molecule has 0 radical (unpaired) electrons. The van der Waals surface area contributed by atoms with Crippen molar-refractivity contribution in [3.05, 3.63) is 65.0 Å². The summed E-state index contributed by atoms with van der Waals surface area (Å²) in [7, 11) is 0. The van der Waals surface area contributed by atoms with Crippen LogP contribution in [0.15, 0.2) is 42.5 Å². The maximum absolute atomic E-state index is 13.9. The minimum atomic E-state index is -3.01. The van der Waals surface area contributed by atoms with E-state index in [2.05, 4.69) is 35.9 Å². The molecule has 1 fully saturated rings. The van der Waals surface area contributed by atoms with E-state index in [-0.39, 0.29) is 0 Å². The van der Waals surface area contributed by atoms with E-state index in [0.29, 0.717) is 12.3 Å². The minimum Gasteiger partial charge on any atom is -0.432 e. The van der Waals surface area contributed by atoms with E-state index >= 15 is 0 Å². The van der Waals surface area contributed by atoms with Crippen LogP contribution in [0, 0.1) is 11.7 Å². The highest BCUT2D eigenvalue weighted by molar-refractivity contribution is 5.31. The molecule has 1 nitrogen and oxygen atoms in total. The summed E-state index contributed by atoms with van der Waals surface area (Å²) in [5.41, 5.74) is 3.42. The third-order valence-electron chi connectivity index (χ3n) is 6.43. The molecule has 0 saturated heterocycles. The van der Waals surface area contributed by atoms with E-state index in [0.717, 1.165) is 17.9 Å². The molecule has 1 saturated carbocycles. The van der Waals surface area contributed by atoms with Crippen molar-refractivity contribution in [3.63, 3.8) is 0 Å². The zero-order chi connectivity index (χ0) is 21.3. The lowest BCUT2D eigenvalue weighted by Gasteiger charge is -2.29. The van der Waals surface area contributed by atoms with Gasteiger partial charge >= 0.3 is 6.61 Å². The predicted molar refractivity (Wildman–Crippen MR) is 116 cm³/mol. The zero-order valence-electron chi connectivity index (χ0n) is 17.9. The van der Waals surface area contributed by atoms with Gasteiger partial charge in [-0.15, -0.1) is 0 Å². The van der Waals surface area contributed by atoms with Crippen molar-refractivity contribution >= 4 is 0 Å². The van der Waals surface area contributed by atoms with Crippen LogP contribution in [0.5, 0.6) is 5.75 Å². The summed E-state index contributed by atoms with van der Waals surface area (Å²) < 4.78 is 42.5. The van der Waals surface area contributed by atoms with Crippen LogP contribution in [0.3, 0.4) is 0 Å². The van der Waals surface area contributed by atoms with Gasteiger partial charge in [-0.05, 0) is 79.2 Å². The molecule has 0 atom stereocenters. The Morgan fingerprint density at radius 1 is 0.900 bits per heavy atom. The highest BCUT2D eigenvalue weighted by Crippen LogP contribution is 2.37. The monoisotopic (exact) mass is 418 g/mol. The van der Waals surface area contributed by atoms with Gasteiger partial charge in [-0.25, -0.2) is 4.39 Å². The zero-order valence-corrected chi connectivity index (χ0v) is 17.9. The van der Waals surface area contributed by atoms with Crippen LogP contribution in [-0.2, 0) is 12.8 Å². The molecule has 164 valence electrons. The molecule has 0 aliphatic heterocycles. The van der Waals surface area contributed by atoms with Gasteiger partial charge in [-0.1, -0.05) is 62.9 Å². The Labute approximate surface area is 178 Å². The number of hydrogen-bond acceptors (Lipinski definition) is 1. The summed E-state index contributed by atoms with van der Waals surface area (Å²) in [6.07, 6.45) is 12.2. The molecule has 3 rings (SSSR count). The molecule has 1 aliphatic carbocycles. The first-order chi connectivity index (χ1) is 14.5. The molecule has 2 aromatic carbocycles. The molecular weight excluding hydrogens is 385 g/mol. The average molecular weight is 419 g/mol. The van der Waals surface area contributed by atoms with E-state index in [1.165, 1.54) is 74.6 Å². The molecule has 4 heteroatoms. The van der Waals surface area contributed by atoms with Crippen LogP contribution in [-0.4, -0.2) is 6.61 Å². The van der Waals surface area contributed by atoms with Crippen molar-refractivity contribution in [1.29, 1.82) is 0 Å². The first-order valence-corrected chi connectivity index (χ1v) is 11.4. The van der Waals surface area contributed by atoms with Gasteiger partial charge in [0.25, 0.3) is 0 Å². The lowest BCUT2D eigenvalue weighted by Crippen LogP contribution is -2.13. The van der Waals surface area contributed by atoms with Gasteiger partial charge in [0.05, 0.1) is 0 Å². The molecule has 0 amide bonds. The Balaban J connectivity index is 1.46. The highest BCUT2D eigenvalue weighted by Gasteiger charge is 2.22. The van der Waals surface area contributed by atoms with E-state index < -0.39 is 18.2 Å². The lowest BCUT2D eigenvalue weighted by atomic mass is 9.77. The molecule has 0 aromatic heterocycles. The molecule has 0 heterocycles. The average Bonchev–Trinajstić information content (AvgIpc) is 2.75. The van der Waals surface area contributed by atoms with Crippen molar-refractivity contribution in [2.24, 2.45) is 5.92 Å². The number of hydrogen-bond donors (Lipinski definition) is 0. The fourth-order valence-corrected chi connectivity index (χ4v) is 4.60. The van der Waals surface area contributed by atoms with E-state index in [1.54, 1.807) is 6.07 Å². The molecule has 0 N–H and O–H groups in total. The normalized spacial score (nSPS) is 19.2. The number of ether oxygens (including phenoxy) is 1. The largest absolute Gasteiger partial charge is 0.432 e. The third kappa shape index (κ3) is 6.78. The summed E-state index contributed by atoms with van der Waals surface area (Å²) in [4.78, 5) is 0.